The molecule has 0 aliphatic heterocycles. The van der Waals surface area contributed by atoms with Gasteiger partial charge in [0.2, 0.25) is 0 Å². The zero-order chi connectivity index (χ0) is 14.5. The Balaban J connectivity index is 2.01. The van der Waals surface area contributed by atoms with Crippen LogP contribution in [0.15, 0.2) is 42.5 Å². The van der Waals surface area contributed by atoms with Crippen molar-refractivity contribution < 1.29 is 9.84 Å². The molecule has 2 rings (SSSR count). The Bertz CT molecular complexity index is 558. The molecule has 0 aromatic heterocycles. The smallest absolute Gasteiger partial charge is 0.119 e. The first-order valence-corrected chi connectivity index (χ1v) is 6.98. The van der Waals surface area contributed by atoms with Crippen molar-refractivity contribution in [2.45, 2.75) is 32.8 Å². The molecular weight excluding hydrogens is 248 g/mol. The van der Waals surface area contributed by atoms with Gasteiger partial charge in [0.25, 0.3) is 0 Å². The van der Waals surface area contributed by atoms with Crippen LogP contribution < -0.4 is 4.74 Å². The van der Waals surface area contributed by atoms with Gasteiger partial charge in [0.15, 0.2) is 0 Å². The van der Waals surface area contributed by atoms with E-state index in [0.717, 1.165) is 29.7 Å². The van der Waals surface area contributed by atoms with Crippen LogP contribution in [-0.4, -0.2) is 12.2 Å². The molecule has 0 saturated carbocycles. The third kappa shape index (κ3) is 3.61. The molecule has 2 aromatic rings. The molecule has 0 aliphatic rings. The summed E-state index contributed by atoms with van der Waals surface area (Å²) in [7, 11) is 1.66. The molecule has 20 heavy (non-hydrogen) atoms. The third-order valence-electron chi connectivity index (χ3n) is 3.66. The van der Waals surface area contributed by atoms with E-state index in [1.807, 2.05) is 25.1 Å². The van der Waals surface area contributed by atoms with E-state index in [1.165, 1.54) is 11.1 Å². The number of benzene rings is 2. The van der Waals surface area contributed by atoms with Crippen LogP contribution in [0, 0.1) is 13.8 Å². The summed E-state index contributed by atoms with van der Waals surface area (Å²) < 4.78 is 5.19. The summed E-state index contributed by atoms with van der Waals surface area (Å²) in [5, 5.41) is 10.3. The number of aliphatic hydroxyl groups excluding tert-OH is 1. The van der Waals surface area contributed by atoms with Crippen LogP contribution in [-0.2, 0) is 6.42 Å². The second-order valence-electron chi connectivity index (χ2n) is 5.26. The molecule has 0 spiro atoms. The quantitative estimate of drug-likeness (QED) is 0.890. The molecule has 0 aliphatic carbocycles. The number of aliphatic hydroxyl groups is 1. The van der Waals surface area contributed by atoms with Crippen molar-refractivity contribution in [1.29, 1.82) is 0 Å². The topological polar surface area (TPSA) is 29.5 Å². The monoisotopic (exact) mass is 270 g/mol. The molecule has 0 saturated heterocycles. The third-order valence-corrected chi connectivity index (χ3v) is 3.66. The first kappa shape index (κ1) is 14.6. The molecule has 2 heteroatoms. The molecule has 0 bridgehead atoms. The second kappa shape index (κ2) is 6.58. The minimum Gasteiger partial charge on any atom is -0.497 e. The van der Waals surface area contributed by atoms with Gasteiger partial charge in [0.1, 0.15) is 5.75 Å². The number of methoxy groups -OCH3 is 1. The molecule has 0 fully saturated rings. The van der Waals surface area contributed by atoms with Crippen molar-refractivity contribution in [3.05, 3.63) is 64.7 Å². The molecule has 0 heterocycles. The van der Waals surface area contributed by atoms with Crippen LogP contribution in [0.2, 0.25) is 0 Å². The summed E-state index contributed by atoms with van der Waals surface area (Å²) in [6.45, 7) is 4.09. The van der Waals surface area contributed by atoms with Gasteiger partial charge in [-0.1, -0.05) is 35.9 Å². The normalized spacial score (nSPS) is 12.2. The van der Waals surface area contributed by atoms with Gasteiger partial charge in [0.05, 0.1) is 13.2 Å². The number of rotatable bonds is 5. The molecule has 2 aromatic carbocycles. The fraction of sp³-hybridized carbons (Fsp3) is 0.333. The van der Waals surface area contributed by atoms with Gasteiger partial charge in [-0.2, -0.15) is 0 Å². The first-order valence-electron chi connectivity index (χ1n) is 6.98. The van der Waals surface area contributed by atoms with Crippen molar-refractivity contribution in [3.8, 4) is 5.75 Å². The van der Waals surface area contributed by atoms with E-state index in [9.17, 15) is 5.11 Å². The summed E-state index contributed by atoms with van der Waals surface area (Å²) in [5.74, 6) is 0.831. The van der Waals surface area contributed by atoms with E-state index in [2.05, 4.69) is 31.2 Å². The summed E-state index contributed by atoms with van der Waals surface area (Å²) >= 11 is 0. The van der Waals surface area contributed by atoms with Crippen LogP contribution in [0.3, 0.4) is 0 Å². The Morgan fingerprint density at radius 1 is 1.05 bits per heavy atom. The average Bonchev–Trinajstić information content (AvgIpc) is 2.46. The highest BCUT2D eigenvalue weighted by atomic mass is 16.5. The largest absolute Gasteiger partial charge is 0.497 e. The summed E-state index contributed by atoms with van der Waals surface area (Å²) in [6, 6.07) is 14.3. The van der Waals surface area contributed by atoms with E-state index in [1.54, 1.807) is 7.11 Å². The standard InChI is InChI=1S/C18H22O2/c1-13-4-6-15(7-5-13)8-11-18(19)17-10-9-16(20-3)12-14(17)2/h4-7,9-10,12,18-19H,8,11H2,1-3H3. The summed E-state index contributed by atoms with van der Waals surface area (Å²) in [6.07, 6.45) is 1.19. The molecule has 2 nitrogen and oxygen atoms in total. The van der Waals surface area contributed by atoms with Crippen molar-refractivity contribution in [2.24, 2.45) is 0 Å². The van der Waals surface area contributed by atoms with Crippen LogP contribution in [0.25, 0.3) is 0 Å². The fourth-order valence-electron chi connectivity index (χ4n) is 2.36. The summed E-state index contributed by atoms with van der Waals surface area (Å²) in [5.41, 5.74) is 4.58. The highest BCUT2D eigenvalue weighted by molar-refractivity contribution is 5.36. The maximum atomic E-state index is 10.3. The van der Waals surface area contributed by atoms with Crippen LogP contribution in [0.4, 0.5) is 0 Å². The molecule has 0 radical (unpaired) electrons. The van der Waals surface area contributed by atoms with E-state index in [-0.39, 0.29) is 0 Å². The Morgan fingerprint density at radius 3 is 2.35 bits per heavy atom. The average molecular weight is 270 g/mol. The number of hydrogen-bond acceptors (Lipinski definition) is 2. The van der Waals surface area contributed by atoms with Gasteiger partial charge in [-0.05, 0) is 55.5 Å². The van der Waals surface area contributed by atoms with Gasteiger partial charge in [0, 0.05) is 0 Å². The lowest BCUT2D eigenvalue weighted by molar-refractivity contribution is 0.167. The minimum atomic E-state index is -0.429. The predicted molar refractivity (Wildman–Crippen MR) is 82.2 cm³/mol. The molecule has 1 N–H and O–H groups in total. The lowest BCUT2D eigenvalue weighted by Gasteiger charge is -2.14. The maximum absolute atomic E-state index is 10.3. The Labute approximate surface area is 121 Å². The van der Waals surface area contributed by atoms with Crippen molar-refractivity contribution in [3.63, 3.8) is 0 Å². The van der Waals surface area contributed by atoms with Crippen molar-refractivity contribution >= 4 is 0 Å². The molecule has 1 unspecified atom stereocenters. The SMILES string of the molecule is COc1ccc(C(O)CCc2ccc(C)cc2)c(C)c1. The van der Waals surface area contributed by atoms with Crippen LogP contribution in [0.5, 0.6) is 5.75 Å². The Kier molecular flexibility index (Phi) is 4.80. The zero-order valence-electron chi connectivity index (χ0n) is 12.4. The van der Waals surface area contributed by atoms with Gasteiger partial charge >= 0.3 is 0 Å². The maximum Gasteiger partial charge on any atom is 0.119 e. The van der Waals surface area contributed by atoms with Gasteiger partial charge in [-0.25, -0.2) is 0 Å². The highest BCUT2D eigenvalue weighted by Crippen LogP contribution is 2.25. The molecule has 106 valence electrons. The van der Waals surface area contributed by atoms with Crippen molar-refractivity contribution in [2.75, 3.05) is 7.11 Å². The highest BCUT2D eigenvalue weighted by Gasteiger charge is 2.11. The number of ether oxygens (including phenoxy) is 1. The van der Waals surface area contributed by atoms with E-state index < -0.39 is 6.10 Å². The van der Waals surface area contributed by atoms with E-state index in [4.69, 9.17) is 4.74 Å². The van der Waals surface area contributed by atoms with Gasteiger partial charge < -0.3 is 9.84 Å². The van der Waals surface area contributed by atoms with Crippen LogP contribution in [0.1, 0.15) is 34.8 Å². The number of hydrogen-bond donors (Lipinski definition) is 1. The number of aryl methyl sites for hydroxylation is 3. The van der Waals surface area contributed by atoms with E-state index in [0.29, 0.717) is 0 Å². The van der Waals surface area contributed by atoms with Gasteiger partial charge in [-0.15, -0.1) is 0 Å². The zero-order valence-corrected chi connectivity index (χ0v) is 12.4. The minimum absolute atomic E-state index is 0.429. The fourth-order valence-corrected chi connectivity index (χ4v) is 2.36. The molecular formula is C18H22O2. The Morgan fingerprint density at radius 2 is 1.75 bits per heavy atom. The van der Waals surface area contributed by atoms with E-state index >= 15 is 0 Å². The Hall–Kier alpha value is -1.80. The summed E-state index contributed by atoms with van der Waals surface area (Å²) in [4.78, 5) is 0. The lowest BCUT2D eigenvalue weighted by Crippen LogP contribution is -2.02. The lowest BCUT2D eigenvalue weighted by atomic mass is 9.97. The van der Waals surface area contributed by atoms with Gasteiger partial charge in [-0.3, -0.25) is 0 Å². The molecule has 1 atom stereocenters. The second-order valence-corrected chi connectivity index (χ2v) is 5.26. The van der Waals surface area contributed by atoms with Crippen LogP contribution >= 0.6 is 0 Å². The van der Waals surface area contributed by atoms with Crippen molar-refractivity contribution in [1.82, 2.24) is 0 Å². The first-order chi connectivity index (χ1) is 9.60. The molecule has 0 amide bonds. The predicted octanol–water partition coefficient (Wildman–Crippen LogP) is 3.98.